The van der Waals surface area contributed by atoms with Crippen molar-refractivity contribution in [3.63, 3.8) is 0 Å². The molecule has 0 bridgehead atoms. The van der Waals surface area contributed by atoms with E-state index in [1.165, 1.54) is 24.6 Å². The molecular formula is C20H25BrN2O5S. The summed E-state index contributed by atoms with van der Waals surface area (Å²) in [5.74, 6) is 1.72. The number of ether oxygens (including phenoxy) is 3. The predicted octanol–water partition coefficient (Wildman–Crippen LogP) is 2.85. The number of nitrogens with zero attached hydrogens (tertiary/aromatic N) is 2. The molecule has 158 valence electrons. The molecule has 0 amide bonds. The first kappa shape index (κ1) is 21.9. The van der Waals surface area contributed by atoms with Crippen LogP contribution in [0, 0.1) is 0 Å². The molecule has 7 nitrogen and oxygen atoms in total. The minimum Gasteiger partial charge on any atom is -0.493 e. The van der Waals surface area contributed by atoms with Crippen molar-refractivity contribution in [2.75, 3.05) is 53.6 Å². The summed E-state index contributed by atoms with van der Waals surface area (Å²) in [6.07, 6.45) is 0. The van der Waals surface area contributed by atoms with E-state index in [1.807, 2.05) is 24.3 Å². The summed E-state index contributed by atoms with van der Waals surface area (Å²) in [4.78, 5) is 2.42. The highest BCUT2D eigenvalue weighted by molar-refractivity contribution is 9.10. The van der Waals surface area contributed by atoms with E-state index in [0.717, 1.165) is 16.8 Å². The van der Waals surface area contributed by atoms with Gasteiger partial charge in [-0.3, -0.25) is 4.90 Å². The molecule has 0 atom stereocenters. The second-order valence-electron chi connectivity index (χ2n) is 6.57. The first-order valence-corrected chi connectivity index (χ1v) is 11.5. The van der Waals surface area contributed by atoms with Crippen LogP contribution in [0.25, 0.3) is 0 Å². The fraction of sp³-hybridized carbons (Fsp3) is 0.400. The topological polar surface area (TPSA) is 68.3 Å². The molecule has 1 fully saturated rings. The molecule has 0 unspecified atom stereocenters. The van der Waals surface area contributed by atoms with Gasteiger partial charge in [-0.1, -0.05) is 22.0 Å². The number of rotatable bonds is 8. The average Bonchev–Trinajstić information content (AvgIpc) is 2.73. The van der Waals surface area contributed by atoms with E-state index in [4.69, 9.17) is 14.2 Å². The first-order chi connectivity index (χ1) is 13.9. The molecule has 9 heteroatoms. The standard InChI is InChI=1S/C20H25BrN2O5S/c1-26-19-7-6-18(15-20(19)27-2)29(24,25)23-10-8-22(9-11-23)12-13-28-17-5-3-4-16(21)14-17/h3-7,14-15H,8-13H2,1-2H3. The molecular weight excluding hydrogens is 460 g/mol. The van der Waals surface area contributed by atoms with Crippen molar-refractivity contribution in [2.24, 2.45) is 0 Å². The average molecular weight is 485 g/mol. The third kappa shape index (κ3) is 5.42. The summed E-state index contributed by atoms with van der Waals surface area (Å²) < 4.78 is 44.6. The van der Waals surface area contributed by atoms with Crippen LogP contribution in [0.3, 0.4) is 0 Å². The van der Waals surface area contributed by atoms with E-state index in [2.05, 4.69) is 20.8 Å². The van der Waals surface area contributed by atoms with Crippen LogP contribution in [0.15, 0.2) is 51.8 Å². The van der Waals surface area contributed by atoms with Crippen LogP contribution in [0.2, 0.25) is 0 Å². The van der Waals surface area contributed by atoms with E-state index in [1.54, 1.807) is 12.1 Å². The molecule has 1 heterocycles. The van der Waals surface area contributed by atoms with Gasteiger partial charge in [0.05, 0.1) is 19.1 Å². The summed E-state index contributed by atoms with van der Waals surface area (Å²) >= 11 is 3.42. The quantitative estimate of drug-likeness (QED) is 0.573. The molecule has 0 aliphatic carbocycles. The summed E-state index contributed by atoms with van der Waals surface area (Å²) in [6.45, 7) is 3.50. The molecule has 0 radical (unpaired) electrons. The fourth-order valence-corrected chi connectivity index (χ4v) is 4.99. The zero-order chi connectivity index (χ0) is 20.9. The lowest BCUT2D eigenvalue weighted by Gasteiger charge is -2.33. The van der Waals surface area contributed by atoms with Crippen molar-refractivity contribution >= 4 is 26.0 Å². The number of piperazine rings is 1. The smallest absolute Gasteiger partial charge is 0.243 e. The van der Waals surface area contributed by atoms with E-state index in [9.17, 15) is 8.42 Å². The van der Waals surface area contributed by atoms with Crippen molar-refractivity contribution in [3.8, 4) is 17.2 Å². The van der Waals surface area contributed by atoms with Crippen molar-refractivity contribution in [1.82, 2.24) is 9.21 Å². The third-order valence-electron chi connectivity index (χ3n) is 4.80. The van der Waals surface area contributed by atoms with Gasteiger partial charge in [0.2, 0.25) is 10.0 Å². The number of halogens is 1. The Balaban J connectivity index is 1.54. The lowest BCUT2D eigenvalue weighted by Crippen LogP contribution is -2.49. The maximum absolute atomic E-state index is 13.0. The number of methoxy groups -OCH3 is 2. The molecule has 1 aliphatic heterocycles. The molecule has 2 aromatic carbocycles. The van der Waals surface area contributed by atoms with Crippen molar-refractivity contribution in [2.45, 2.75) is 4.90 Å². The van der Waals surface area contributed by atoms with E-state index < -0.39 is 10.0 Å². The molecule has 1 aliphatic rings. The van der Waals surface area contributed by atoms with Crippen molar-refractivity contribution in [3.05, 3.63) is 46.9 Å². The van der Waals surface area contributed by atoms with Crippen LogP contribution in [-0.2, 0) is 10.0 Å². The monoisotopic (exact) mass is 484 g/mol. The zero-order valence-electron chi connectivity index (χ0n) is 16.5. The first-order valence-electron chi connectivity index (χ1n) is 9.27. The normalized spacial score (nSPS) is 15.8. The second-order valence-corrected chi connectivity index (χ2v) is 9.42. The third-order valence-corrected chi connectivity index (χ3v) is 7.18. The summed E-state index contributed by atoms with van der Waals surface area (Å²) in [5, 5.41) is 0. The SMILES string of the molecule is COc1ccc(S(=O)(=O)N2CCN(CCOc3cccc(Br)c3)CC2)cc1OC. The van der Waals surface area contributed by atoms with Gasteiger partial charge < -0.3 is 14.2 Å². The number of hydrogen-bond acceptors (Lipinski definition) is 6. The zero-order valence-corrected chi connectivity index (χ0v) is 18.9. The Labute approximate surface area is 180 Å². The van der Waals surface area contributed by atoms with E-state index in [0.29, 0.717) is 44.3 Å². The van der Waals surface area contributed by atoms with Crippen molar-refractivity contribution in [1.29, 1.82) is 0 Å². The van der Waals surface area contributed by atoms with Gasteiger partial charge in [-0.2, -0.15) is 4.31 Å². The summed E-state index contributed by atoms with van der Waals surface area (Å²) in [6, 6.07) is 12.4. The van der Waals surface area contributed by atoms with Gasteiger partial charge in [-0.25, -0.2) is 8.42 Å². The molecule has 3 rings (SSSR count). The Bertz CT molecular complexity index is 930. The Morgan fingerprint density at radius 1 is 0.966 bits per heavy atom. The van der Waals surface area contributed by atoms with Crippen LogP contribution < -0.4 is 14.2 Å². The Morgan fingerprint density at radius 3 is 2.34 bits per heavy atom. The van der Waals surface area contributed by atoms with Crippen LogP contribution in [0.5, 0.6) is 17.2 Å². The van der Waals surface area contributed by atoms with Crippen LogP contribution >= 0.6 is 15.9 Å². The molecule has 1 saturated heterocycles. The second kappa shape index (κ2) is 9.80. The van der Waals surface area contributed by atoms with Crippen molar-refractivity contribution < 1.29 is 22.6 Å². The van der Waals surface area contributed by atoms with Gasteiger partial charge in [0.1, 0.15) is 12.4 Å². The van der Waals surface area contributed by atoms with Gasteiger partial charge >= 0.3 is 0 Å². The summed E-state index contributed by atoms with van der Waals surface area (Å²) in [7, 11) is -0.568. The molecule has 0 spiro atoms. The lowest BCUT2D eigenvalue weighted by molar-refractivity contribution is 0.159. The fourth-order valence-electron chi connectivity index (χ4n) is 3.17. The predicted molar refractivity (Wildman–Crippen MR) is 114 cm³/mol. The molecule has 0 aromatic heterocycles. The van der Waals surface area contributed by atoms with E-state index >= 15 is 0 Å². The molecule has 2 aromatic rings. The summed E-state index contributed by atoms with van der Waals surface area (Å²) in [5.41, 5.74) is 0. The highest BCUT2D eigenvalue weighted by Gasteiger charge is 2.29. The van der Waals surface area contributed by atoms with Gasteiger partial charge in [0, 0.05) is 43.3 Å². The number of benzene rings is 2. The van der Waals surface area contributed by atoms with Crippen LogP contribution in [0.1, 0.15) is 0 Å². The lowest BCUT2D eigenvalue weighted by atomic mass is 10.3. The maximum atomic E-state index is 13.0. The van der Waals surface area contributed by atoms with E-state index in [-0.39, 0.29) is 4.90 Å². The van der Waals surface area contributed by atoms with Gasteiger partial charge in [0.15, 0.2) is 11.5 Å². The van der Waals surface area contributed by atoms with Gasteiger partial charge in [-0.05, 0) is 30.3 Å². The Kier molecular flexibility index (Phi) is 7.39. The van der Waals surface area contributed by atoms with Gasteiger partial charge in [0.25, 0.3) is 0 Å². The number of hydrogen-bond donors (Lipinski definition) is 0. The largest absolute Gasteiger partial charge is 0.493 e. The van der Waals surface area contributed by atoms with Crippen LogP contribution in [0.4, 0.5) is 0 Å². The Hall–Kier alpha value is -1.81. The Morgan fingerprint density at radius 2 is 1.69 bits per heavy atom. The minimum atomic E-state index is -3.58. The highest BCUT2D eigenvalue weighted by Crippen LogP contribution is 2.30. The molecule has 0 N–H and O–H groups in total. The minimum absolute atomic E-state index is 0.210. The highest BCUT2D eigenvalue weighted by atomic mass is 79.9. The molecule has 29 heavy (non-hydrogen) atoms. The van der Waals surface area contributed by atoms with Gasteiger partial charge in [-0.15, -0.1) is 0 Å². The maximum Gasteiger partial charge on any atom is 0.243 e. The number of sulfonamides is 1. The van der Waals surface area contributed by atoms with Crippen LogP contribution in [-0.4, -0.2) is 71.2 Å². The molecule has 0 saturated carbocycles.